The minimum absolute atomic E-state index is 0.182. The van der Waals surface area contributed by atoms with Gasteiger partial charge >= 0.3 is 0 Å². The fourth-order valence-corrected chi connectivity index (χ4v) is 4.43. The summed E-state index contributed by atoms with van der Waals surface area (Å²) in [7, 11) is 0. The van der Waals surface area contributed by atoms with Crippen LogP contribution >= 0.6 is 11.6 Å². The number of rotatable bonds is 6. The topological polar surface area (TPSA) is 108 Å². The number of hydrogen-bond acceptors (Lipinski definition) is 3. The van der Waals surface area contributed by atoms with E-state index in [-0.39, 0.29) is 17.7 Å². The van der Waals surface area contributed by atoms with Crippen LogP contribution in [0.2, 0.25) is 5.02 Å². The molecule has 4 rings (SSSR count). The number of fused-ring (bicyclic) bond motifs is 1. The predicted molar refractivity (Wildman–Crippen MR) is 123 cm³/mol. The molecule has 1 fully saturated rings. The van der Waals surface area contributed by atoms with E-state index in [0.29, 0.717) is 42.9 Å². The summed E-state index contributed by atoms with van der Waals surface area (Å²) < 4.78 is 0. The summed E-state index contributed by atoms with van der Waals surface area (Å²) >= 11 is 6.19. The van der Waals surface area contributed by atoms with E-state index in [1.165, 1.54) is 0 Å². The molecule has 32 heavy (non-hydrogen) atoms. The van der Waals surface area contributed by atoms with Crippen molar-refractivity contribution < 1.29 is 14.4 Å². The number of likely N-dealkylation sites (tertiary alicyclic amines) is 1. The van der Waals surface area contributed by atoms with Crippen molar-refractivity contribution in [3.05, 3.63) is 70.9 Å². The number of benzene rings is 2. The summed E-state index contributed by atoms with van der Waals surface area (Å²) in [5.41, 5.74) is 7.64. The second-order valence-electron chi connectivity index (χ2n) is 8.07. The first-order chi connectivity index (χ1) is 15.4. The van der Waals surface area contributed by atoms with Gasteiger partial charge in [0, 0.05) is 42.5 Å². The zero-order valence-corrected chi connectivity index (χ0v) is 18.3. The molecular formula is C24H25ClN4O3. The lowest BCUT2D eigenvalue weighted by Gasteiger charge is -2.33. The SMILES string of the molecule is NC(=O)C1CCN(C(=O)[C@H](Cc2c[nH]c3ccccc23)NC(=O)c2ccccc2Cl)CC1. The first-order valence-electron chi connectivity index (χ1n) is 10.6. The summed E-state index contributed by atoms with van der Waals surface area (Å²) in [6, 6.07) is 13.8. The molecule has 0 radical (unpaired) electrons. The number of H-pyrrole nitrogens is 1. The molecule has 2 aromatic carbocycles. The smallest absolute Gasteiger partial charge is 0.253 e. The van der Waals surface area contributed by atoms with E-state index >= 15 is 0 Å². The van der Waals surface area contributed by atoms with Crippen molar-refractivity contribution in [1.29, 1.82) is 0 Å². The molecule has 0 spiro atoms. The second kappa shape index (κ2) is 9.44. The molecule has 166 valence electrons. The van der Waals surface area contributed by atoms with Gasteiger partial charge in [0.2, 0.25) is 11.8 Å². The van der Waals surface area contributed by atoms with Crippen LogP contribution in [0, 0.1) is 5.92 Å². The Morgan fingerprint density at radius 2 is 1.78 bits per heavy atom. The molecule has 3 aromatic rings. The van der Waals surface area contributed by atoms with Crippen LogP contribution in [-0.4, -0.2) is 46.7 Å². The van der Waals surface area contributed by atoms with Crippen LogP contribution in [0.4, 0.5) is 0 Å². The van der Waals surface area contributed by atoms with Gasteiger partial charge in [0.25, 0.3) is 5.91 Å². The Balaban J connectivity index is 1.57. The number of halogens is 1. The van der Waals surface area contributed by atoms with Crippen molar-refractivity contribution in [1.82, 2.24) is 15.2 Å². The monoisotopic (exact) mass is 452 g/mol. The molecule has 0 saturated carbocycles. The number of aromatic nitrogens is 1. The standard InChI is InChI=1S/C24H25ClN4O3/c25-19-7-3-1-6-18(19)23(31)28-21(13-16-14-27-20-8-4-2-5-17(16)20)24(32)29-11-9-15(10-12-29)22(26)30/h1-8,14-15,21,27H,9-13H2,(H2,26,30)(H,28,31)/t21-/m0/s1. The summed E-state index contributed by atoms with van der Waals surface area (Å²) in [4.78, 5) is 42.8. The molecule has 1 saturated heterocycles. The molecular weight excluding hydrogens is 428 g/mol. The summed E-state index contributed by atoms with van der Waals surface area (Å²) in [5.74, 6) is -1.14. The predicted octanol–water partition coefficient (Wildman–Crippen LogP) is 2.89. The van der Waals surface area contributed by atoms with E-state index in [1.54, 1.807) is 29.2 Å². The number of para-hydroxylation sites is 1. The van der Waals surface area contributed by atoms with Gasteiger partial charge in [-0.3, -0.25) is 14.4 Å². The Morgan fingerprint density at radius 1 is 1.09 bits per heavy atom. The lowest BCUT2D eigenvalue weighted by atomic mass is 9.95. The molecule has 1 aliphatic heterocycles. The number of carbonyl (C=O) groups excluding carboxylic acids is 3. The maximum absolute atomic E-state index is 13.4. The van der Waals surface area contributed by atoms with Gasteiger partial charge in [-0.15, -0.1) is 0 Å². The van der Waals surface area contributed by atoms with E-state index in [1.807, 2.05) is 30.5 Å². The molecule has 8 heteroatoms. The maximum Gasteiger partial charge on any atom is 0.253 e. The van der Waals surface area contributed by atoms with E-state index in [9.17, 15) is 14.4 Å². The zero-order valence-electron chi connectivity index (χ0n) is 17.5. The molecule has 1 aliphatic rings. The lowest BCUT2D eigenvalue weighted by Crippen LogP contribution is -2.52. The number of nitrogens with two attached hydrogens (primary N) is 1. The van der Waals surface area contributed by atoms with Crippen molar-refractivity contribution in [2.75, 3.05) is 13.1 Å². The molecule has 0 aliphatic carbocycles. The third kappa shape index (κ3) is 4.62. The van der Waals surface area contributed by atoms with Gasteiger partial charge in [0.1, 0.15) is 6.04 Å². The highest BCUT2D eigenvalue weighted by molar-refractivity contribution is 6.33. The minimum atomic E-state index is -0.775. The van der Waals surface area contributed by atoms with Crippen molar-refractivity contribution >= 4 is 40.2 Å². The first kappa shape index (κ1) is 21.9. The maximum atomic E-state index is 13.4. The summed E-state index contributed by atoms with van der Waals surface area (Å²) in [5, 5.41) is 4.22. The van der Waals surface area contributed by atoms with E-state index in [4.69, 9.17) is 17.3 Å². The van der Waals surface area contributed by atoms with Gasteiger partial charge in [0.05, 0.1) is 10.6 Å². The van der Waals surface area contributed by atoms with Crippen LogP contribution in [0.5, 0.6) is 0 Å². The van der Waals surface area contributed by atoms with Gasteiger partial charge in [-0.2, -0.15) is 0 Å². The van der Waals surface area contributed by atoms with Crippen LogP contribution in [-0.2, 0) is 16.0 Å². The largest absolute Gasteiger partial charge is 0.369 e. The van der Waals surface area contributed by atoms with E-state index in [2.05, 4.69) is 10.3 Å². The molecule has 0 bridgehead atoms. The Labute approximate surface area is 190 Å². The first-order valence-corrected chi connectivity index (χ1v) is 11.0. The number of carbonyl (C=O) groups is 3. The zero-order chi connectivity index (χ0) is 22.7. The van der Waals surface area contributed by atoms with Gasteiger partial charge < -0.3 is 20.9 Å². The van der Waals surface area contributed by atoms with Gasteiger partial charge in [-0.25, -0.2) is 0 Å². The van der Waals surface area contributed by atoms with Crippen molar-refractivity contribution in [3.8, 4) is 0 Å². The number of piperidine rings is 1. The Bertz CT molecular complexity index is 1150. The molecule has 4 N–H and O–H groups in total. The third-order valence-corrected chi connectivity index (χ3v) is 6.36. The lowest BCUT2D eigenvalue weighted by molar-refractivity contribution is -0.136. The van der Waals surface area contributed by atoms with E-state index in [0.717, 1.165) is 16.5 Å². The molecule has 1 aromatic heterocycles. The van der Waals surface area contributed by atoms with Crippen LogP contribution < -0.4 is 11.1 Å². The normalized spacial score (nSPS) is 15.5. The summed E-state index contributed by atoms with van der Waals surface area (Å²) in [6.07, 6.45) is 3.25. The molecule has 3 amide bonds. The second-order valence-corrected chi connectivity index (χ2v) is 8.48. The molecule has 0 unspecified atom stereocenters. The fourth-order valence-electron chi connectivity index (χ4n) is 4.21. The quantitative estimate of drug-likeness (QED) is 0.535. The van der Waals surface area contributed by atoms with E-state index < -0.39 is 11.9 Å². The number of hydrogen-bond donors (Lipinski definition) is 3. The summed E-state index contributed by atoms with van der Waals surface area (Å²) in [6.45, 7) is 0.859. The van der Waals surface area contributed by atoms with Crippen LogP contribution in [0.25, 0.3) is 10.9 Å². The average molecular weight is 453 g/mol. The highest BCUT2D eigenvalue weighted by Gasteiger charge is 2.32. The van der Waals surface area contributed by atoms with Crippen molar-refractivity contribution in [2.45, 2.75) is 25.3 Å². The number of aromatic amines is 1. The average Bonchev–Trinajstić information content (AvgIpc) is 3.21. The fraction of sp³-hybridized carbons (Fsp3) is 0.292. The highest BCUT2D eigenvalue weighted by Crippen LogP contribution is 2.22. The third-order valence-electron chi connectivity index (χ3n) is 6.03. The number of nitrogens with one attached hydrogen (secondary N) is 2. The number of amides is 3. The Morgan fingerprint density at radius 3 is 2.50 bits per heavy atom. The van der Waals surface area contributed by atoms with Crippen molar-refractivity contribution in [2.24, 2.45) is 11.7 Å². The van der Waals surface area contributed by atoms with Gasteiger partial charge in [0.15, 0.2) is 0 Å². The van der Waals surface area contributed by atoms with Crippen LogP contribution in [0.1, 0.15) is 28.8 Å². The Kier molecular flexibility index (Phi) is 6.46. The van der Waals surface area contributed by atoms with Crippen molar-refractivity contribution in [3.63, 3.8) is 0 Å². The van der Waals surface area contributed by atoms with Crippen LogP contribution in [0.3, 0.4) is 0 Å². The molecule has 7 nitrogen and oxygen atoms in total. The van der Waals surface area contributed by atoms with Gasteiger partial charge in [-0.05, 0) is 36.6 Å². The Hall–Kier alpha value is -3.32. The van der Waals surface area contributed by atoms with Crippen LogP contribution in [0.15, 0.2) is 54.7 Å². The van der Waals surface area contributed by atoms with Gasteiger partial charge in [-0.1, -0.05) is 41.9 Å². The highest BCUT2D eigenvalue weighted by atomic mass is 35.5. The number of primary amides is 1. The molecule has 1 atom stereocenters. The molecule has 2 heterocycles. The number of nitrogens with zero attached hydrogens (tertiary/aromatic N) is 1. The minimum Gasteiger partial charge on any atom is -0.369 e.